The summed E-state index contributed by atoms with van der Waals surface area (Å²) in [5.74, 6) is 1.28. The van der Waals surface area contributed by atoms with Crippen LogP contribution in [-0.4, -0.2) is 45.4 Å². The van der Waals surface area contributed by atoms with Crippen LogP contribution >= 0.6 is 0 Å². The Kier molecular flexibility index (Phi) is 4.55. The Morgan fingerprint density at radius 3 is 3.04 bits per heavy atom. The van der Waals surface area contributed by atoms with E-state index in [0.717, 1.165) is 30.6 Å². The minimum absolute atomic E-state index is 0.0472. The fraction of sp³-hybridized carbons (Fsp3) is 0.500. The lowest BCUT2D eigenvalue weighted by Gasteiger charge is -2.32. The van der Waals surface area contributed by atoms with Crippen LogP contribution in [0.25, 0.3) is 0 Å². The molecule has 122 valence electrons. The van der Waals surface area contributed by atoms with Crippen LogP contribution in [-0.2, 0) is 11.2 Å². The molecular weight excluding hydrogens is 296 g/mol. The molecule has 0 aliphatic carbocycles. The lowest BCUT2D eigenvalue weighted by Crippen LogP contribution is -2.45. The second-order valence-electron chi connectivity index (χ2n) is 5.76. The summed E-state index contributed by atoms with van der Waals surface area (Å²) in [5.41, 5.74) is 1.66. The molecule has 0 saturated carbocycles. The summed E-state index contributed by atoms with van der Waals surface area (Å²) >= 11 is 0. The Balaban J connectivity index is 1.61. The molecule has 0 aromatic carbocycles. The Hall–Kier alpha value is -2.44. The van der Waals surface area contributed by atoms with Gasteiger partial charge in [0.25, 0.3) is 0 Å². The highest BCUT2D eigenvalue weighted by Gasteiger charge is 2.26. The molecule has 1 atom stereocenters. The third-order valence-electron chi connectivity index (χ3n) is 4.08. The van der Waals surface area contributed by atoms with Crippen molar-refractivity contribution in [3.8, 4) is 5.88 Å². The van der Waals surface area contributed by atoms with Crippen molar-refractivity contribution in [2.75, 3.05) is 13.1 Å². The first kappa shape index (κ1) is 15.5. The van der Waals surface area contributed by atoms with Gasteiger partial charge in [0.2, 0.25) is 11.8 Å². The molecule has 3 heterocycles. The fourth-order valence-electron chi connectivity index (χ4n) is 2.80. The first-order chi connectivity index (χ1) is 11.1. The zero-order valence-corrected chi connectivity index (χ0v) is 13.4. The molecule has 7 nitrogen and oxygen atoms in total. The van der Waals surface area contributed by atoms with E-state index < -0.39 is 0 Å². The fourth-order valence-corrected chi connectivity index (χ4v) is 2.80. The highest BCUT2D eigenvalue weighted by atomic mass is 16.5. The number of aryl methyl sites for hydroxylation is 2. The summed E-state index contributed by atoms with van der Waals surface area (Å²) in [5, 5.41) is 11.6. The lowest BCUT2D eigenvalue weighted by molar-refractivity contribution is -0.133. The molecule has 0 N–H and O–H groups in total. The minimum atomic E-state index is -0.0472. The molecule has 1 aliphatic rings. The van der Waals surface area contributed by atoms with Crippen LogP contribution in [0.5, 0.6) is 5.88 Å². The Morgan fingerprint density at radius 2 is 2.35 bits per heavy atom. The van der Waals surface area contributed by atoms with E-state index in [4.69, 9.17) is 9.26 Å². The molecule has 1 fully saturated rings. The molecule has 23 heavy (non-hydrogen) atoms. The van der Waals surface area contributed by atoms with Gasteiger partial charge in [0.05, 0.1) is 18.7 Å². The van der Waals surface area contributed by atoms with Crippen molar-refractivity contribution in [3.05, 3.63) is 35.3 Å². The highest BCUT2D eigenvalue weighted by molar-refractivity contribution is 5.79. The molecule has 1 aliphatic heterocycles. The van der Waals surface area contributed by atoms with Crippen molar-refractivity contribution >= 4 is 5.91 Å². The second kappa shape index (κ2) is 6.76. The van der Waals surface area contributed by atoms with Crippen LogP contribution in [0.4, 0.5) is 0 Å². The summed E-state index contributed by atoms with van der Waals surface area (Å²) in [7, 11) is 0. The number of rotatable bonds is 4. The Bertz CT molecular complexity index is 652. The standard InChI is InChI=1S/C16H20N4O3/c1-11-14(12(2)23-19-11)9-16(21)20-8-4-5-13(10-20)22-15-6-3-7-17-18-15/h3,6-7,13H,4-5,8-10H2,1-2H3. The number of nitrogens with zero attached hydrogens (tertiary/aromatic N) is 4. The maximum absolute atomic E-state index is 12.5. The maximum Gasteiger partial charge on any atom is 0.233 e. The van der Waals surface area contributed by atoms with Crippen molar-refractivity contribution < 1.29 is 14.1 Å². The van der Waals surface area contributed by atoms with Crippen molar-refractivity contribution in [1.29, 1.82) is 0 Å². The van der Waals surface area contributed by atoms with E-state index in [1.807, 2.05) is 18.7 Å². The molecule has 7 heteroatoms. The third kappa shape index (κ3) is 3.67. The number of carbonyl (C=O) groups is 1. The highest BCUT2D eigenvalue weighted by Crippen LogP contribution is 2.19. The average molecular weight is 316 g/mol. The zero-order valence-electron chi connectivity index (χ0n) is 13.4. The van der Waals surface area contributed by atoms with E-state index in [2.05, 4.69) is 15.4 Å². The third-order valence-corrected chi connectivity index (χ3v) is 4.08. The number of likely N-dealkylation sites (tertiary alicyclic amines) is 1. The van der Waals surface area contributed by atoms with Gasteiger partial charge in [-0.3, -0.25) is 4.79 Å². The van der Waals surface area contributed by atoms with Crippen LogP contribution in [0.15, 0.2) is 22.9 Å². The molecule has 0 radical (unpaired) electrons. The quantitative estimate of drug-likeness (QED) is 0.854. The predicted octanol–water partition coefficient (Wildman–Crippen LogP) is 1.69. The van der Waals surface area contributed by atoms with E-state index in [-0.39, 0.29) is 12.0 Å². The lowest BCUT2D eigenvalue weighted by atomic mass is 10.1. The van der Waals surface area contributed by atoms with Crippen molar-refractivity contribution in [2.45, 2.75) is 39.2 Å². The molecule has 0 spiro atoms. The van der Waals surface area contributed by atoms with Crippen molar-refractivity contribution in [2.24, 2.45) is 0 Å². The molecule has 2 aromatic heterocycles. The van der Waals surface area contributed by atoms with Gasteiger partial charge in [-0.2, -0.15) is 5.10 Å². The van der Waals surface area contributed by atoms with Gasteiger partial charge in [0.1, 0.15) is 11.9 Å². The average Bonchev–Trinajstić information content (AvgIpc) is 2.88. The van der Waals surface area contributed by atoms with Gasteiger partial charge in [-0.15, -0.1) is 5.10 Å². The SMILES string of the molecule is Cc1noc(C)c1CC(=O)N1CCCC(Oc2cccnn2)C1. The summed E-state index contributed by atoms with van der Waals surface area (Å²) < 4.78 is 10.9. The molecule has 1 saturated heterocycles. The molecule has 3 rings (SSSR count). The van der Waals surface area contributed by atoms with Gasteiger partial charge in [-0.25, -0.2) is 0 Å². The predicted molar refractivity (Wildman–Crippen MR) is 81.9 cm³/mol. The van der Waals surface area contributed by atoms with E-state index in [1.54, 1.807) is 18.3 Å². The van der Waals surface area contributed by atoms with Crippen molar-refractivity contribution in [3.63, 3.8) is 0 Å². The number of ether oxygens (including phenoxy) is 1. The second-order valence-corrected chi connectivity index (χ2v) is 5.76. The number of carbonyl (C=O) groups excluding carboxylic acids is 1. The van der Waals surface area contributed by atoms with Crippen LogP contribution in [0.3, 0.4) is 0 Å². The van der Waals surface area contributed by atoms with Gasteiger partial charge in [0.15, 0.2) is 0 Å². The molecule has 1 amide bonds. The van der Waals surface area contributed by atoms with Gasteiger partial charge in [0, 0.05) is 24.4 Å². The van der Waals surface area contributed by atoms with Gasteiger partial charge < -0.3 is 14.2 Å². The van der Waals surface area contributed by atoms with E-state index in [0.29, 0.717) is 24.6 Å². The zero-order chi connectivity index (χ0) is 16.2. The van der Waals surface area contributed by atoms with Gasteiger partial charge in [-0.05, 0) is 32.8 Å². The largest absolute Gasteiger partial charge is 0.471 e. The number of hydrogen-bond donors (Lipinski definition) is 0. The first-order valence-corrected chi connectivity index (χ1v) is 7.77. The molecule has 0 bridgehead atoms. The normalized spacial score (nSPS) is 18.0. The smallest absolute Gasteiger partial charge is 0.233 e. The number of aromatic nitrogens is 3. The monoisotopic (exact) mass is 316 g/mol. The van der Waals surface area contributed by atoms with Crippen LogP contribution in [0.1, 0.15) is 29.9 Å². The number of amides is 1. The summed E-state index contributed by atoms with van der Waals surface area (Å²) in [6.07, 6.45) is 3.70. The van der Waals surface area contributed by atoms with E-state index in [9.17, 15) is 4.79 Å². The van der Waals surface area contributed by atoms with Crippen LogP contribution < -0.4 is 4.74 Å². The van der Waals surface area contributed by atoms with Crippen LogP contribution in [0, 0.1) is 13.8 Å². The van der Waals surface area contributed by atoms with Crippen LogP contribution in [0.2, 0.25) is 0 Å². The molecule has 1 unspecified atom stereocenters. The Labute approximate surface area is 134 Å². The maximum atomic E-state index is 12.5. The number of hydrogen-bond acceptors (Lipinski definition) is 6. The molecule has 2 aromatic rings. The Morgan fingerprint density at radius 1 is 1.48 bits per heavy atom. The number of piperidine rings is 1. The first-order valence-electron chi connectivity index (χ1n) is 7.77. The van der Waals surface area contributed by atoms with Crippen molar-refractivity contribution in [1.82, 2.24) is 20.3 Å². The minimum Gasteiger partial charge on any atom is -0.471 e. The van der Waals surface area contributed by atoms with E-state index in [1.165, 1.54) is 0 Å². The van der Waals surface area contributed by atoms with Gasteiger partial charge >= 0.3 is 0 Å². The van der Waals surface area contributed by atoms with Gasteiger partial charge in [-0.1, -0.05) is 5.16 Å². The topological polar surface area (TPSA) is 81.4 Å². The summed E-state index contributed by atoms with van der Waals surface area (Å²) in [4.78, 5) is 14.4. The molecular formula is C16H20N4O3. The summed E-state index contributed by atoms with van der Waals surface area (Å²) in [6, 6.07) is 3.56. The summed E-state index contributed by atoms with van der Waals surface area (Å²) in [6.45, 7) is 5.01. The van der Waals surface area contributed by atoms with E-state index >= 15 is 0 Å².